The van der Waals surface area contributed by atoms with E-state index in [1.165, 1.54) is 12.2 Å². The van der Waals surface area contributed by atoms with Gasteiger partial charge in [0.25, 0.3) is 0 Å². The second kappa shape index (κ2) is 6.29. The maximum atomic E-state index is 17.2. The molecule has 176 valence electrons. The molecule has 3 N–H and O–H groups in total. The van der Waals surface area contributed by atoms with Gasteiger partial charge in [-0.3, -0.25) is 4.79 Å². The van der Waals surface area contributed by atoms with Gasteiger partial charge in [0.1, 0.15) is 5.60 Å². The quantitative estimate of drug-likeness (QED) is 0.592. The van der Waals surface area contributed by atoms with Gasteiger partial charge in [-0.15, -0.1) is 0 Å². The highest BCUT2D eigenvalue weighted by Crippen LogP contribution is 2.72. The van der Waals surface area contributed by atoms with E-state index in [4.69, 9.17) is 9.47 Å². The zero-order chi connectivity index (χ0) is 23.5. The number of ketones is 1. The number of carbonyl (C=O) groups is 2. The first kappa shape index (κ1) is 22.2. The van der Waals surface area contributed by atoms with Gasteiger partial charge >= 0.3 is 5.97 Å². The summed E-state index contributed by atoms with van der Waals surface area (Å²) >= 11 is 0. The molecule has 1 saturated heterocycles. The maximum Gasteiger partial charge on any atom is 0.335 e. The fourth-order valence-corrected chi connectivity index (χ4v) is 8.04. The van der Waals surface area contributed by atoms with Gasteiger partial charge in [-0.2, -0.15) is 0 Å². The zero-order valence-electron chi connectivity index (χ0n) is 18.8. The van der Waals surface area contributed by atoms with Crippen LogP contribution in [0.25, 0.3) is 0 Å². The van der Waals surface area contributed by atoms with E-state index < -0.39 is 58.1 Å². The Morgan fingerprint density at radius 2 is 1.94 bits per heavy atom. The monoisotopic (exact) mass is 450 g/mol. The van der Waals surface area contributed by atoms with Gasteiger partial charge in [0.15, 0.2) is 23.3 Å². The summed E-state index contributed by atoms with van der Waals surface area (Å²) in [6.45, 7) is 6.86. The molecule has 0 spiro atoms. The first-order valence-corrected chi connectivity index (χ1v) is 11.3. The first-order chi connectivity index (χ1) is 14.7. The largest absolute Gasteiger partial charge is 0.479 e. The molecular formula is C24H31FO7. The van der Waals surface area contributed by atoms with Crippen molar-refractivity contribution in [1.82, 2.24) is 0 Å². The summed E-state index contributed by atoms with van der Waals surface area (Å²) in [5.74, 6) is -3.73. The maximum absolute atomic E-state index is 17.2. The molecule has 0 aromatic rings. The van der Waals surface area contributed by atoms with Gasteiger partial charge in [0, 0.05) is 16.7 Å². The van der Waals surface area contributed by atoms with Crippen molar-refractivity contribution >= 4 is 11.8 Å². The normalized spacial score (nSPS) is 51.8. The van der Waals surface area contributed by atoms with Gasteiger partial charge in [0.2, 0.25) is 0 Å². The molecular weight excluding hydrogens is 419 g/mol. The average Bonchev–Trinajstić information content (AvgIpc) is 3.09. The van der Waals surface area contributed by atoms with E-state index in [1.54, 1.807) is 33.8 Å². The molecule has 1 unspecified atom stereocenters. The van der Waals surface area contributed by atoms with Gasteiger partial charge in [-0.25, -0.2) is 9.18 Å². The summed E-state index contributed by atoms with van der Waals surface area (Å²) in [6, 6.07) is 0. The van der Waals surface area contributed by atoms with Crippen LogP contribution in [0.2, 0.25) is 0 Å². The Kier molecular flexibility index (Phi) is 4.36. The lowest BCUT2D eigenvalue weighted by Gasteiger charge is -2.63. The number of rotatable bonds is 2. The van der Waals surface area contributed by atoms with Crippen LogP contribution in [-0.2, 0) is 19.1 Å². The third-order valence-electron chi connectivity index (χ3n) is 9.35. The van der Waals surface area contributed by atoms with Crippen LogP contribution < -0.4 is 0 Å². The van der Waals surface area contributed by atoms with Crippen LogP contribution in [0.5, 0.6) is 0 Å². The highest BCUT2D eigenvalue weighted by molar-refractivity contribution is 6.01. The third kappa shape index (κ3) is 2.34. The van der Waals surface area contributed by atoms with Gasteiger partial charge < -0.3 is 24.8 Å². The van der Waals surface area contributed by atoms with Crippen molar-refractivity contribution in [2.45, 2.75) is 88.7 Å². The summed E-state index contributed by atoms with van der Waals surface area (Å²) < 4.78 is 29.4. The summed E-state index contributed by atoms with van der Waals surface area (Å²) in [5.41, 5.74) is -5.14. The van der Waals surface area contributed by atoms with Crippen LogP contribution in [-0.4, -0.2) is 62.4 Å². The zero-order valence-corrected chi connectivity index (χ0v) is 18.8. The number of allylic oxidation sites excluding steroid dienone is 4. The standard InChI is InChI=1S/C24H31FO7/c1-20(2)31-17-10-15-14-6-5-12-9-13(26)7-8-21(12,3)23(14,25)16(27)11-22(15,4)24(17,32-20)18(28)19(29)30/h7-9,14-18,27-28H,5-6,10-11H2,1-4H3,(H,29,30)/t14-,15-,16-,17+,18?,21-,22-,23-,24-/m0/s1. The van der Waals surface area contributed by atoms with Crippen LogP contribution >= 0.6 is 0 Å². The molecule has 0 radical (unpaired) electrons. The number of fused-ring (bicyclic) bond motifs is 7. The van der Waals surface area contributed by atoms with Crippen LogP contribution in [0.15, 0.2) is 23.8 Å². The second-order valence-electron chi connectivity index (χ2n) is 11.1. The number of hydrogen-bond donors (Lipinski definition) is 3. The van der Waals surface area contributed by atoms with Crippen LogP contribution in [0.4, 0.5) is 4.39 Å². The number of aliphatic hydroxyl groups excluding tert-OH is 2. The Labute approximate surface area is 186 Å². The second-order valence-corrected chi connectivity index (χ2v) is 11.1. The average molecular weight is 451 g/mol. The van der Waals surface area contributed by atoms with E-state index >= 15 is 4.39 Å². The minimum atomic E-state index is -2.04. The molecule has 4 fully saturated rings. The van der Waals surface area contributed by atoms with Crippen LogP contribution in [0, 0.1) is 22.7 Å². The molecule has 1 aliphatic heterocycles. The van der Waals surface area contributed by atoms with Crippen molar-refractivity contribution < 1.29 is 38.8 Å². The summed E-state index contributed by atoms with van der Waals surface area (Å²) in [6.07, 6.45) is 1.50. The number of halogens is 1. The predicted octanol–water partition coefficient (Wildman–Crippen LogP) is 2.30. The predicted molar refractivity (Wildman–Crippen MR) is 110 cm³/mol. The van der Waals surface area contributed by atoms with Crippen molar-refractivity contribution in [1.29, 1.82) is 0 Å². The molecule has 32 heavy (non-hydrogen) atoms. The first-order valence-electron chi connectivity index (χ1n) is 11.3. The fraction of sp³-hybridized carbons (Fsp3) is 0.750. The number of carbonyl (C=O) groups excluding carboxylic acids is 1. The number of carboxylic acid groups (broad SMARTS) is 1. The number of aliphatic hydroxyl groups is 2. The van der Waals surface area contributed by atoms with E-state index in [-0.39, 0.29) is 18.1 Å². The molecule has 0 amide bonds. The Balaban J connectivity index is 1.64. The summed E-state index contributed by atoms with van der Waals surface area (Å²) in [5, 5.41) is 32.0. The number of alkyl halides is 1. The molecule has 4 aliphatic carbocycles. The number of aliphatic carboxylic acids is 1. The van der Waals surface area contributed by atoms with E-state index in [0.717, 1.165) is 0 Å². The SMILES string of the molecule is CC1(C)O[C@@H]2C[C@H]3[C@@H]4CCC5=CC(=O)C=C[C@]5(C)[C@@]4(F)[C@@H](O)C[C@]3(C)[C@]2(C(O)C(=O)O)O1. The smallest absolute Gasteiger partial charge is 0.335 e. The molecule has 0 bridgehead atoms. The Bertz CT molecular complexity index is 958. The van der Waals surface area contributed by atoms with Gasteiger partial charge in [-0.1, -0.05) is 18.6 Å². The topological polar surface area (TPSA) is 113 Å². The molecule has 0 aromatic carbocycles. The number of carboxylic acids is 1. The molecule has 8 heteroatoms. The molecule has 7 nitrogen and oxygen atoms in total. The molecule has 3 saturated carbocycles. The minimum Gasteiger partial charge on any atom is -0.479 e. The van der Waals surface area contributed by atoms with Crippen molar-refractivity contribution in [3.63, 3.8) is 0 Å². The third-order valence-corrected chi connectivity index (χ3v) is 9.35. The van der Waals surface area contributed by atoms with E-state index in [1.807, 2.05) is 0 Å². The van der Waals surface area contributed by atoms with Crippen molar-refractivity contribution in [3.8, 4) is 0 Å². The lowest BCUT2D eigenvalue weighted by atomic mass is 9.44. The Morgan fingerprint density at radius 1 is 1.25 bits per heavy atom. The highest BCUT2D eigenvalue weighted by atomic mass is 19.1. The summed E-state index contributed by atoms with van der Waals surface area (Å²) in [7, 11) is 0. The molecule has 5 rings (SSSR count). The number of ether oxygens (including phenoxy) is 2. The minimum absolute atomic E-state index is 0.0877. The van der Waals surface area contributed by atoms with Crippen LogP contribution in [0.3, 0.4) is 0 Å². The van der Waals surface area contributed by atoms with Crippen LogP contribution in [0.1, 0.15) is 53.4 Å². The van der Waals surface area contributed by atoms with E-state index in [9.17, 15) is 24.9 Å². The van der Waals surface area contributed by atoms with Crippen molar-refractivity contribution in [3.05, 3.63) is 23.8 Å². The Hall–Kier alpha value is -1.61. The Morgan fingerprint density at radius 3 is 2.59 bits per heavy atom. The van der Waals surface area contributed by atoms with Crippen molar-refractivity contribution in [2.24, 2.45) is 22.7 Å². The van der Waals surface area contributed by atoms with Gasteiger partial charge in [-0.05, 0) is 64.5 Å². The lowest BCUT2D eigenvalue weighted by molar-refractivity contribution is -0.267. The molecule has 5 aliphatic rings. The fourth-order valence-electron chi connectivity index (χ4n) is 8.04. The number of hydrogen-bond acceptors (Lipinski definition) is 6. The molecule has 1 heterocycles. The van der Waals surface area contributed by atoms with Gasteiger partial charge in [0.05, 0.1) is 12.2 Å². The van der Waals surface area contributed by atoms with E-state index in [0.29, 0.717) is 24.8 Å². The molecule has 9 atom stereocenters. The highest BCUT2D eigenvalue weighted by Gasteiger charge is 2.80. The van der Waals surface area contributed by atoms with E-state index in [2.05, 4.69) is 0 Å². The van der Waals surface area contributed by atoms with Crippen molar-refractivity contribution in [2.75, 3.05) is 0 Å². The summed E-state index contributed by atoms with van der Waals surface area (Å²) in [4.78, 5) is 23.9. The lowest BCUT2D eigenvalue weighted by Crippen LogP contribution is -2.70. The molecule has 0 aromatic heterocycles.